The summed E-state index contributed by atoms with van der Waals surface area (Å²) in [4.78, 5) is 0. The molecule has 1 aliphatic carbocycles. The van der Waals surface area contributed by atoms with Crippen LogP contribution >= 0.6 is 0 Å². The van der Waals surface area contributed by atoms with Crippen molar-refractivity contribution in [3.63, 3.8) is 0 Å². The summed E-state index contributed by atoms with van der Waals surface area (Å²) in [5.74, 6) is -2.66. The van der Waals surface area contributed by atoms with Crippen molar-refractivity contribution < 1.29 is 17.6 Å². The van der Waals surface area contributed by atoms with Crippen molar-refractivity contribution in [3.05, 3.63) is 82.9 Å². The fourth-order valence-electron chi connectivity index (χ4n) is 4.59. The minimum absolute atomic E-state index is 0.0612. The highest BCUT2D eigenvalue weighted by Crippen LogP contribution is 2.39. The van der Waals surface area contributed by atoms with E-state index in [2.05, 4.69) is 6.92 Å². The van der Waals surface area contributed by atoms with E-state index in [1.807, 2.05) is 0 Å². The predicted octanol–water partition coefficient (Wildman–Crippen LogP) is 8.43. The first kappa shape index (κ1) is 21.6. The largest absolute Gasteiger partial charge is 0.203 e. The standard InChI is InChI=1S/C27H26F4/c1-3-17-12-13-21(25(29)24(17)28)19-8-10-20(11-9-19)23-15-14-22(26(30)27(23)31)18-6-4-16(2)5-7-18/h8-16,18H,3-7H2,1-2H3. The van der Waals surface area contributed by atoms with Gasteiger partial charge in [-0.25, -0.2) is 17.6 Å². The molecule has 31 heavy (non-hydrogen) atoms. The molecule has 1 aliphatic rings. The number of hydrogen-bond donors (Lipinski definition) is 0. The average Bonchev–Trinajstić information content (AvgIpc) is 2.78. The van der Waals surface area contributed by atoms with Gasteiger partial charge < -0.3 is 0 Å². The highest BCUT2D eigenvalue weighted by Gasteiger charge is 2.25. The van der Waals surface area contributed by atoms with Crippen LogP contribution in [0.4, 0.5) is 17.6 Å². The van der Waals surface area contributed by atoms with Crippen LogP contribution in [0.1, 0.15) is 56.6 Å². The molecule has 0 atom stereocenters. The van der Waals surface area contributed by atoms with Gasteiger partial charge in [-0.3, -0.25) is 0 Å². The maximum absolute atomic E-state index is 14.9. The van der Waals surface area contributed by atoms with Crippen LogP contribution in [0.15, 0.2) is 48.5 Å². The van der Waals surface area contributed by atoms with Crippen molar-refractivity contribution in [2.24, 2.45) is 5.92 Å². The first-order valence-corrected chi connectivity index (χ1v) is 11.0. The zero-order valence-corrected chi connectivity index (χ0v) is 17.8. The molecule has 1 saturated carbocycles. The van der Waals surface area contributed by atoms with Gasteiger partial charge in [0.1, 0.15) is 0 Å². The Labute approximate surface area is 180 Å². The molecule has 3 aromatic carbocycles. The van der Waals surface area contributed by atoms with Crippen molar-refractivity contribution in [2.45, 2.75) is 51.9 Å². The van der Waals surface area contributed by atoms with Crippen LogP contribution in [-0.2, 0) is 6.42 Å². The topological polar surface area (TPSA) is 0 Å². The molecule has 0 saturated heterocycles. The number of benzene rings is 3. The van der Waals surface area contributed by atoms with Crippen LogP contribution in [0.2, 0.25) is 0 Å². The lowest BCUT2D eigenvalue weighted by atomic mass is 9.79. The van der Waals surface area contributed by atoms with E-state index in [0.717, 1.165) is 25.7 Å². The smallest absolute Gasteiger partial charge is 0.166 e. The fraction of sp³-hybridized carbons (Fsp3) is 0.333. The molecule has 0 N–H and O–H groups in total. The zero-order chi connectivity index (χ0) is 22.1. The predicted molar refractivity (Wildman–Crippen MR) is 117 cm³/mol. The maximum atomic E-state index is 14.9. The number of hydrogen-bond acceptors (Lipinski definition) is 0. The van der Waals surface area contributed by atoms with Crippen LogP contribution in [-0.4, -0.2) is 0 Å². The summed E-state index contributed by atoms with van der Waals surface area (Å²) in [5.41, 5.74) is 2.08. The van der Waals surface area contributed by atoms with Crippen molar-refractivity contribution in [1.29, 1.82) is 0 Å². The molecule has 0 radical (unpaired) electrons. The summed E-state index contributed by atoms with van der Waals surface area (Å²) in [7, 11) is 0. The molecule has 0 amide bonds. The van der Waals surface area contributed by atoms with Crippen LogP contribution in [0, 0.1) is 29.2 Å². The average molecular weight is 426 g/mol. The van der Waals surface area contributed by atoms with Crippen LogP contribution < -0.4 is 0 Å². The quantitative estimate of drug-likeness (QED) is 0.367. The van der Waals surface area contributed by atoms with E-state index in [0.29, 0.717) is 34.6 Å². The Morgan fingerprint density at radius 3 is 1.71 bits per heavy atom. The Kier molecular flexibility index (Phi) is 6.17. The third kappa shape index (κ3) is 4.13. The van der Waals surface area contributed by atoms with Crippen LogP contribution in [0.3, 0.4) is 0 Å². The Morgan fingerprint density at radius 1 is 0.645 bits per heavy atom. The van der Waals surface area contributed by atoms with Crippen LogP contribution in [0.5, 0.6) is 0 Å². The molecule has 4 rings (SSSR count). The summed E-state index contributed by atoms with van der Waals surface area (Å²) < 4.78 is 58.4. The lowest BCUT2D eigenvalue weighted by Gasteiger charge is -2.27. The molecule has 0 nitrogen and oxygen atoms in total. The molecular formula is C27H26F4. The minimum Gasteiger partial charge on any atom is -0.203 e. The molecule has 0 aromatic heterocycles. The van der Waals surface area contributed by atoms with Gasteiger partial charge in [-0.15, -0.1) is 0 Å². The van der Waals surface area contributed by atoms with Gasteiger partial charge in [0.2, 0.25) is 0 Å². The van der Waals surface area contributed by atoms with E-state index in [9.17, 15) is 17.6 Å². The maximum Gasteiger partial charge on any atom is 0.166 e. The van der Waals surface area contributed by atoms with Gasteiger partial charge >= 0.3 is 0 Å². The molecule has 0 aliphatic heterocycles. The van der Waals surface area contributed by atoms with E-state index in [1.165, 1.54) is 0 Å². The van der Waals surface area contributed by atoms with Gasteiger partial charge in [-0.2, -0.15) is 0 Å². The second-order valence-corrected chi connectivity index (χ2v) is 8.62. The van der Waals surface area contributed by atoms with Crippen molar-refractivity contribution in [2.75, 3.05) is 0 Å². The van der Waals surface area contributed by atoms with Gasteiger partial charge in [0.15, 0.2) is 23.3 Å². The van der Waals surface area contributed by atoms with Crippen molar-refractivity contribution >= 4 is 0 Å². The SMILES string of the molecule is CCc1ccc(-c2ccc(-c3ccc(C4CCC(C)CC4)c(F)c3F)cc2)c(F)c1F. The lowest BCUT2D eigenvalue weighted by molar-refractivity contribution is 0.339. The highest BCUT2D eigenvalue weighted by molar-refractivity contribution is 5.71. The fourth-order valence-corrected chi connectivity index (χ4v) is 4.59. The summed E-state index contributed by atoms with van der Waals surface area (Å²) >= 11 is 0. The monoisotopic (exact) mass is 426 g/mol. The third-order valence-corrected chi connectivity index (χ3v) is 6.62. The Hall–Kier alpha value is -2.62. The molecule has 4 heteroatoms. The number of rotatable bonds is 4. The number of halogens is 4. The first-order chi connectivity index (χ1) is 14.9. The Bertz CT molecular complexity index is 1080. The van der Waals surface area contributed by atoms with Crippen molar-refractivity contribution in [3.8, 4) is 22.3 Å². The van der Waals surface area contributed by atoms with Gasteiger partial charge in [-0.1, -0.05) is 75.2 Å². The summed E-state index contributed by atoms with van der Waals surface area (Å²) in [5, 5.41) is 0. The third-order valence-electron chi connectivity index (χ3n) is 6.62. The molecule has 3 aromatic rings. The van der Waals surface area contributed by atoms with Crippen LogP contribution in [0.25, 0.3) is 22.3 Å². The second-order valence-electron chi connectivity index (χ2n) is 8.62. The van der Waals surface area contributed by atoms with Gasteiger partial charge in [0, 0.05) is 11.1 Å². The van der Waals surface area contributed by atoms with E-state index in [4.69, 9.17) is 0 Å². The van der Waals surface area contributed by atoms with E-state index < -0.39 is 23.3 Å². The summed E-state index contributed by atoms with van der Waals surface area (Å²) in [6.07, 6.45) is 4.23. The summed E-state index contributed by atoms with van der Waals surface area (Å²) in [6.45, 7) is 3.96. The summed E-state index contributed by atoms with van der Waals surface area (Å²) in [6, 6.07) is 12.9. The minimum atomic E-state index is -0.893. The molecule has 0 spiro atoms. The first-order valence-electron chi connectivity index (χ1n) is 11.0. The zero-order valence-electron chi connectivity index (χ0n) is 17.8. The van der Waals surface area contributed by atoms with E-state index >= 15 is 0 Å². The molecule has 162 valence electrons. The van der Waals surface area contributed by atoms with E-state index in [-0.39, 0.29) is 17.0 Å². The molecule has 1 fully saturated rings. The van der Waals surface area contributed by atoms with E-state index in [1.54, 1.807) is 55.5 Å². The Morgan fingerprint density at radius 2 is 1.16 bits per heavy atom. The molecule has 0 unspecified atom stereocenters. The van der Waals surface area contributed by atoms with Gasteiger partial charge in [0.25, 0.3) is 0 Å². The molecule has 0 bridgehead atoms. The van der Waals surface area contributed by atoms with Gasteiger partial charge in [-0.05, 0) is 53.4 Å². The number of aryl methyl sites for hydroxylation is 1. The highest BCUT2D eigenvalue weighted by atomic mass is 19.2. The molecule has 0 heterocycles. The normalized spacial score (nSPS) is 18.9. The lowest BCUT2D eigenvalue weighted by Crippen LogP contribution is -2.13. The van der Waals surface area contributed by atoms with Crippen molar-refractivity contribution in [1.82, 2.24) is 0 Å². The molecular weight excluding hydrogens is 400 g/mol. The second kappa shape index (κ2) is 8.86. The van der Waals surface area contributed by atoms with Gasteiger partial charge in [0.05, 0.1) is 0 Å². The Balaban J connectivity index is 1.63.